The average Bonchev–Trinajstić information content (AvgIpc) is 3.10. The minimum atomic E-state index is -0.355. The first-order chi connectivity index (χ1) is 10.6. The highest BCUT2D eigenvalue weighted by Gasteiger charge is 2.31. The van der Waals surface area contributed by atoms with Crippen LogP contribution in [0.2, 0.25) is 0 Å². The van der Waals surface area contributed by atoms with Gasteiger partial charge in [-0.3, -0.25) is 4.79 Å². The van der Waals surface area contributed by atoms with E-state index in [2.05, 4.69) is 22.4 Å². The molecule has 0 aliphatic carbocycles. The van der Waals surface area contributed by atoms with E-state index in [-0.39, 0.29) is 24.2 Å². The zero-order valence-electron chi connectivity index (χ0n) is 12.1. The lowest BCUT2D eigenvalue weighted by molar-refractivity contribution is -0.115. The van der Waals surface area contributed by atoms with Gasteiger partial charge in [-0.2, -0.15) is 4.98 Å². The Morgan fingerprint density at radius 3 is 2.86 bits per heavy atom. The molecule has 1 aliphatic heterocycles. The number of anilines is 1. The Kier molecular flexibility index (Phi) is 4.15. The van der Waals surface area contributed by atoms with E-state index in [0.29, 0.717) is 29.9 Å². The van der Waals surface area contributed by atoms with Crippen LogP contribution in [0.4, 0.5) is 10.1 Å². The van der Waals surface area contributed by atoms with Gasteiger partial charge in [0.15, 0.2) is 5.82 Å². The number of hydrogen-bond acceptors (Lipinski definition) is 5. The zero-order chi connectivity index (χ0) is 15.5. The van der Waals surface area contributed by atoms with Gasteiger partial charge in [0, 0.05) is 12.3 Å². The third-order valence-corrected chi connectivity index (χ3v) is 3.56. The molecule has 2 atom stereocenters. The molecule has 0 saturated carbocycles. The van der Waals surface area contributed by atoms with E-state index < -0.39 is 0 Å². The molecule has 0 unspecified atom stereocenters. The van der Waals surface area contributed by atoms with Gasteiger partial charge in [0.05, 0.1) is 6.42 Å². The average molecular weight is 305 g/mol. The van der Waals surface area contributed by atoms with E-state index in [9.17, 15) is 9.18 Å². The number of halogens is 1. The minimum Gasteiger partial charge on any atom is -0.368 e. The fourth-order valence-electron chi connectivity index (χ4n) is 2.35. The maximum Gasteiger partial charge on any atom is 0.256 e. The fourth-order valence-corrected chi connectivity index (χ4v) is 2.35. The monoisotopic (exact) mass is 305 g/mol. The van der Waals surface area contributed by atoms with Crippen LogP contribution in [0.25, 0.3) is 0 Å². The first kappa shape index (κ1) is 14.6. The molecule has 1 fully saturated rings. The smallest absolute Gasteiger partial charge is 0.256 e. The Hall–Kier alpha value is -2.28. The summed E-state index contributed by atoms with van der Waals surface area (Å²) in [6.45, 7) is 2.73. The van der Waals surface area contributed by atoms with Gasteiger partial charge in [0.2, 0.25) is 5.91 Å². The summed E-state index contributed by atoms with van der Waals surface area (Å²) < 4.78 is 23.5. The summed E-state index contributed by atoms with van der Waals surface area (Å²) in [5.74, 6) is 0.388. The molecular weight excluding hydrogens is 289 g/mol. The highest BCUT2D eigenvalue weighted by molar-refractivity contribution is 5.91. The molecular formula is C15H16FN3O3. The number of amides is 1. The summed E-state index contributed by atoms with van der Waals surface area (Å²) in [5, 5.41) is 6.45. The van der Waals surface area contributed by atoms with Crippen LogP contribution in [0.3, 0.4) is 0 Å². The van der Waals surface area contributed by atoms with Crippen molar-refractivity contribution in [3.63, 3.8) is 0 Å². The summed E-state index contributed by atoms with van der Waals surface area (Å²) in [5.41, 5.74) is 0.517. The van der Waals surface area contributed by atoms with E-state index in [0.717, 1.165) is 6.42 Å². The van der Waals surface area contributed by atoms with Gasteiger partial charge in [-0.25, -0.2) is 4.39 Å². The molecule has 2 heterocycles. The van der Waals surface area contributed by atoms with E-state index in [1.807, 2.05) is 0 Å². The third-order valence-electron chi connectivity index (χ3n) is 3.56. The van der Waals surface area contributed by atoms with Crippen molar-refractivity contribution in [3.05, 3.63) is 41.8 Å². The van der Waals surface area contributed by atoms with E-state index in [4.69, 9.17) is 9.26 Å². The van der Waals surface area contributed by atoms with E-state index in [1.54, 1.807) is 0 Å². The number of benzene rings is 1. The Bertz CT molecular complexity index is 656. The molecule has 1 aromatic carbocycles. The van der Waals surface area contributed by atoms with Gasteiger partial charge < -0.3 is 14.6 Å². The van der Waals surface area contributed by atoms with Crippen LogP contribution in [0.1, 0.15) is 31.2 Å². The van der Waals surface area contributed by atoms with Gasteiger partial charge in [-0.1, -0.05) is 12.1 Å². The molecule has 0 radical (unpaired) electrons. The first-order valence-corrected chi connectivity index (χ1v) is 7.11. The van der Waals surface area contributed by atoms with Crippen LogP contribution >= 0.6 is 0 Å². The lowest BCUT2D eigenvalue weighted by atomic mass is 10.0. The van der Waals surface area contributed by atoms with E-state index in [1.165, 1.54) is 24.3 Å². The summed E-state index contributed by atoms with van der Waals surface area (Å²) in [6.07, 6.45) is 0.747. The summed E-state index contributed by atoms with van der Waals surface area (Å²) in [7, 11) is 0. The largest absolute Gasteiger partial charge is 0.368 e. The van der Waals surface area contributed by atoms with Gasteiger partial charge in [0.1, 0.15) is 11.9 Å². The highest BCUT2D eigenvalue weighted by atomic mass is 19.1. The predicted molar refractivity (Wildman–Crippen MR) is 75.5 cm³/mol. The number of ether oxygens (including phenoxy) is 1. The maximum absolute atomic E-state index is 12.8. The fraction of sp³-hybridized carbons (Fsp3) is 0.400. The van der Waals surface area contributed by atoms with Crippen molar-refractivity contribution in [1.82, 2.24) is 10.1 Å². The molecule has 3 rings (SSSR count). The Morgan fingerprint density at radius 2 is 2.18 bits per heavy atom. The third kappa shape index (κ3) is 3.30. The van der Waals surface area contributed by atoms with Gasteiger partial charge in [0.25, 0.3) is 5.89 Å². The van der Waals surface area contributed by atoms with Crippen molar-refractivity contribution in [2.75, 3.05) is 11.9 Å². The van der Waals surface area contributed by atoms with Crippen molar-refractivity contribution >= 4 is 11.6 Å². The number of nitrogens with zero attached hydrogens (tertiary/aromatic N) is 2. The van der Waals surface area contributed by atoms with Gasteiger partial charge in [-0.15, -0.1) is 0 Å². The van der Waals surface area contributed by atoms with Crippen LogP contribution in [0.15, 0.2) is 28.8 Å². The second-order valence-electron chi connectivity index (χ2n) is 5.34. The summed E-state index contributed by atoms with van der Waals surface area (Å²) >= 11 is 0. The molecule has 1 N–H and O–H groups in total. The second-order valence-corrected chi connectivity index (χ2v) is 5.34. The SMILES string of the molecule is C[C@H]1CCO[C@H]1c1nc(CC(=O)Nc2ccc(F)cc2)no1. The number of carbonyl (C=O) groups excluding carboxylic acids is 1. The molecule has 1 saturated heterocycles. The molecule has 6 nitrogen and oxygen atoms in total. The van der Waals surface area contributed by atoms with Crippen molar-refractivity contribution in [2.24, 2.45) is 5.92 Å². The Morgan fingerprint density at radius 1 is 1.41 bits per heavy atom. The quantitative estimate of drug-likeness (QED) is 0.939. The van der Waals surface area contributed by atoms with Crippen LogP contribution in [-0.2, 0) is 16.0 Å². The molecule has 1 aromatic heterocycles. The molecule has 7 heteroatoms. The Balaban J connectivity index is 1.60. The highest BCUT2D eigenvalue weighted by Crippen LogP contribution is 2.32. The van der Waals surface area contributed by atoms with Gasteiger partial charge >= 0.3 is 0 Å². The number of rotatable bonds is 4. The molecule has 22 heavy (non-hydrogen) atoms. The van der Waals surface area contributed by atoms with E-state index >= 15 is 0 Å². The Labute approximate surface area is 126 Å². The molecule has 2 aromatic rings. The van der Waals surface area contributed by atoms with Crippen LogP contribution < -0.4 is 5.32 Å². The number of nitrogens with one attached hydrogen (secondary N) is 1. The topological polar surface area (TPSA) is 77.2 Å². The zero-order valence-corrected chi connectivity index (χ0v) is 12.1. The molecule has 116 valence electrons. The second kappa shape index (κ2) is 6.23. The molecule has 0 bridgehead atoms. The van der Waals surface area contributed by atoms with Crippen molar-refractivity contribution in [3.8, 4) is 0 Å². The van der Waals surface area contributed by atoms with Crippen LogP contribution in [0.5, 0.6) is 0 Å². The standard InChI is InChI=1S/C15H16FN3O3/c1-9-6-7-21-14(9)15-18-12(19-22-15)8-13(20)17-11-4-2-10(16)3-5-11/h2-5,9,14H,6-8H2,1H3,(H,17,20)/t9-,14+/m0/s1. The summed E-state index contributed by atoms with van der Waals surface area (Å²) in [4.78, 5) is 16.1. The molecule has 1 amide bonds. The van der Waals surface area contributed by atoms with Gasteiger partial charge in [-0.05, 0) is 36.6 Å². The summed E-state index contributed by atoms with van der Waals surface area (Å²) in [6, 6.07) is 5.54. The lowest BCUT2D eigenvalue weighted by Crippen LogP contribution is -2.15. The lowest BCUT2D eigenvalue weighted by Gasteiger charge is -2.07. The van der Waals surface area contributed by atoms with Crippen molar-refractivity contribution < 1.29 is 18.4 Å². The number of carbonyl (C=O) groups is 1. The number of aromatic nitrogens is 2. The normalized spacial score (nSPS) is 21.0. The van der Waals surface area contributed by atoms with Crippen LogP contribution in [0, 0.1) is 11.7 Å². The molecule has 0 spiro atoms. The number of hydrogen-bond donors (Lipinski definition) is 1. The first-order valence-electron chi connectivity index (χ1n) is 7.11. The van der Waals surface area contributed by atoms with Crippen molar-refractivity contribution in [1.29, 1.82) is 0 Å². The van der Waals surface area contributed by atoms with Crippen molar-refractivity contribution in [2.45, 2.75) is 25.9 Å². The maximum atomic E-state index is 12.8. The minimum absolute atomic E-state index is 0.0119. The molecule has 1 aliphatic rings. The van der Waals surface area contributed by atoms with Crippen LogP contribution in [-0.4, -0.2) is 22.7 Å². The predicted octanol–water partition coefficient (Wildman–Crippen LogP) is 2.49.